The van der Waals surface area contributed by atoms with E-state index in [1.807, 2.05) is 61.7 Å². The molecule has 2 heterocycles. The maximum absolute atomic E-state index is 12.6. The Kier molecular flexibility index (Phi) is 7.04. The quantitative estimate of drug-likeness (QED) is 0.357. The van der Waals surface area contributed by atoms with Gasteiger partial charge in [-0.2, -0.15) is 0 Å². The predicted octanol–water partition coefficient (Wildman–Crippen LogP) is 5.59. The second-order valence-electron chi connectivity index (χ2n) is 7.80. The van der Waals surface area contributed by atoms with Crippen LogP contribution in [0.25, 0.3) is 22.2 Å². The maximum atomic E-state index is 12.6. The SMILES string of the molecule is CCCN(CC(=O)Nc1nc(-c2ccc3[nH]c(C)cc3c2)cs1)C(=O)OCc1ccccc1. The molecule has 33 heavy (non-hydrogen) atoms. The van der Waals surface area contributed by atoms with Crippen LogP contribution in [0.1, 0.15) is 24.6 Å². The summed E-state index contributed by atoms with van der Waals surface area (Å²) < 4.78 is 5.38. The van der Waals surface area contributed by atoms with Gasteiger partial charge >= 0.3 is 6.09 Å². The number of aromatic nitrogens is 2. The molecule has 0 bridgehead atoms. The molecule has 2 aromatic heterocycles. The molecule has 0 fully saturated rings. The van der Waals surface area contributed by atoms with Gasteiger partial charge in [-0.3, -0.25) is 9.69 Å². The van der Waals surface area contributed by atoms with Crippen molar-refractivity contribution < 1.29 is 14.3 Å². The molecule has 0 radical (unpaired) electrons. The summed E-state index contributed by atoms with van der Waals surface area (Å²) in [5.74, 6) is -0.308. The van der Waals surface area contributed by atoms with Crippen molar-refractivity contribution in [2.45, 2.75) is 26.9 Å². The Bertz CT molecular complexity index is 1250. The molecular formula is C25H26N4O3S. The van der Waals surface area contributed by atoms with E-state index in [-0.39, 0.29) is 19.1 Å². The highest BCUT2D eigenvalue weighted by atomic mass is 32.1. The molecular weight excluding hydrogens is 436 g/mol. The molecule has 8 heteroatoms. The Hall–Kier alpha value is -3.65. The third-order valence-electron chi connectivity index (χ3n) is 5.09. The van der Waals surface area contributed by atoms with Crippen LogP contribution in [0.2, 0.25) is 0 Å². The fourth-order valence-electron chi connectivity index (χ4n) is 3.55. The first-order chi connectivity index (χ1) is 16.0. The Morgan fingerprint density at radius 3 is 2.76 bits per heavy atom. The summed E-state index contributed by atoms with van der Waals surface area (Å²) in [5, 5.41) is 6.33. The van der Waals surface area contributed by atoms with Crippen molar-refractivity contribution in [2.24, 2.45) is 0 Å². The van der Waals surface area contributed by atoms with Gasteiger partial charge < -0.3 is 15.0 Å². The average molecular weight is 463 g/mol. The number of H-pyrrole nitrogens is 1. The van der Waals surface area contributed by atoms with Crippen LogP contribution in [-0.4, -0.2) is 40.0 Å². The fraction of sp³-hybridized carbons (Fsp3) is 0.240. The van der Waals surface area contributed by atoms with Crippen molar-refractivity contribution in [3.8, 4) is 11.3 Å². The number of rotatable bonds is 8. The van der Waals surface area contributed by atoms with Crippen LogP contribution in [-0.2, 0) is 16.1 Å². The molecule has 0 aliphatic rings. The van der Waals surface area contributed by atoms with Crippen molar-refractivity contribution in [3.05, 3.63) is 71.2 Å². The van der Waals surface area contributed by atoms with Crippen LogP contribution >= 0.6 is 11.3 Å². The smallest absolute Gasteiger partial charge is 0.410 e. The van der Waals surface area contributed by atoms with Crippen molar-refractivity contribution in [2.75, 3.05) is 18.4 Å². The molecule has 0 atom stereocenters. The summed E-state index contributed by atoms with van der Waals surface area (Å²) in [7, 11) is 0. The van der Waals surface area contributed by atoms with E-state index in [0.717, 1.165) is 39.8 Å². The molecule has 4 rings (SSSR count). The number of carbonyl (C=O) groups excluding carboxylic acids is 2. The third-order valence-corrected chi connectivity index (χ3v) is 5.85. The predicted molar refractivity (Wildman–Crippen MR) is 131 cm³/mol. The molecule has 170 valence electrons. The molecule has 2 amide bonds. The zero-order chi connectivity index (χ0) is 23.2. The molecule has 2 N–H and O–H groups in total. The van der Waals surface area contributed by atoms with Crippen molar-refractivity contribution in [1.82, 2.24) is 14.9 Å². The van der Waals surface area contributed by atoms with E-state index in [9.17, 15) is 9.59 Å². The molecule has 0 saturated carbocycles. The average Bonchev–Trinajstić information content (AvgIpc) is 3.42. The van der Waals surface area contributed by atoms with E-state index in [2.05, 4.69) is 27.4 Å². The number of benzene rings is 2. The van der Waals surface area contributed by atoms with E-state index in [4.69, 9.17) is 4.74 Å². The number of aryl methyl sites for hydroxylation is 1. The molecule has 0 aliphatic carbocycles. The Labute approximate surface area is 196 Å². The molecule has 7 nitrogen and oxygen atoms in total. The number of carbonyl (C=O) groups is 2. The van der Waals surface area contributed by atoms with Crippen LogP contribution in [0.15, 0.2) is 60.0 Å². The van der Waals surface area contributed by atoms with Crippen LogP contribution in [0.5, 0.6) is 0 Å². The summed E-state index contributed by atoms with van der Waals surface area (Å²) in [6.07, 6.45) is 0.210. The van der Waals surface area contributed by atoms with Gasteiger partial charge in [0.05, 0.1) is 5.69 Å². The minimum absolute atomic E-state index is 0.0923. The normalized spacial score (nSPS) is 10.8. The standard InChI is InChI=1S/C25H26N4O3S/c1-3-11-29(25(31)32-15-18-7-5-4-6-8-18)14-23(30)28-24-27-22(16-33-24)19-9-10-21-20(13-19)12-17(2)26-21/h4-10,12-13,16,26H,3,11,14-15H2,1-2H3,(H,27,28,30). The van der Waals surface area contributed by atoms with Gasteiger partial charge in [0, 0.05) is 34.1 Å². The summed E-state index contributed by atoms with van der Waals surface area (Å²) >= 11 is 1.35. The van der Waals surface area contributed by atoms with Crippen LogP contribution in [0.3, 0.4) is 0 Å². The van der Waals surface area contributed by atoms with E-state index in [0.29, 0.717) is 11.7 Å². The highest BCUT2D eigenvalue weighted by molar-refractivity contribution is 7.14. The highest BCUT2D eigenvalue weighted by Crippen LogP contribution is 2.28. The van der Waals surface area contributed by atoms with Gasteiger partial charge in [0.2, 0.25) is 5.91 Å². The van der Waals surface area contributed by atoms with Crippen molar-refractivity contribution in [1.29, 1.82) is 0 Å². The number of thiazole rings is 1. The zero-order valence-electron chi connectivity index (χ0n) is 18.6. The maximum Gasteiger partial charge on any atom is 0.410 e. The van der Waals surface area contributed by atoms with Gasteiger partial charge in [-0.25, -0.2) is 9.78 Å². The summed E-state index contributed by atoms with van der Waals surface area (Å²) in [5.41, 5.74) is 4.86. The van der Waals surface area contributed by atoms with Gasteiger partial charge in [-0.15, -0.1) is 11.3 Å². The number of nitrogens with one attached hydrogen (secondary N) is 2. The Balaban J connectivity index is 1.36. The lowest BCUT2D eigenvalue weighted by molar-refractivity contribution is -0.117. The first-order valence-corrected chi connectivity index (χ1v) is 11.7. The van der Waals surface area contributed by atoms with Crippen LogP contribution in [0.4, 0.5) is 9.93 Å². The number of hydrogen-bond donors (Lipinski definition) is 2. The lowest BCUT2D eigenvalue weighted by Gasteiger charge is -2.20. The number of amides is 2. The second-order valence-corrected chi connectivity index (χ2v) is 8.66. The first-order valence-electron chi connectivity index (χ1n) is 10.8. The largest absolute Gasteiger partial charge is 0.445 e. The van der Waals surface area contributed by atoms with E-state index in [1.165, 1.54) is 16.2 Å². The topological polar surface area (TPSA) is 87.3 Å². The molecule has 2 aromatic carbocycles. The highest BCUT2D eigenvalue weighted by Gasteiger charge is 2.19. The first kappa shape index (κ1) is 22.5. The van der Waals surface area contributed by atoms with E-state index in [1.54, 1.807) is 0 Å². The van der Waals surface area contributed by atoms with E-state index >= 15 is 0 Å². The molecule has 4 aromatic rings. The fourth-order valence-corrected chi connectivity index (χ4v) is 4.28. The zero-order valence-corrected chi connectivity index (χ0v) is 19.4. The molecule has 0 spiro atoms. The summed E-state index contributed by atoms with van der Waals surface area (Å²) in [4.78, 5) is 34.4. The van der Waals surface area contributed by atoms with Gasteiger partial charge in [0.15, 0.2) is 5.13 Å². The van der Waals surface area contributed by atoms with Crippen molar-refractivity contribution in [3.63, 3.8) is 0 Å². The number of hydrogen-bond acceptors (Lipinski definition) is 5. The summed E-state index contributed by atoms with van der Waals surface area (Å²) in [6.45, 7) is 4.48. The molecule has 0 aliphatic heterocycles. The van der Waals surface area contributed by atoms with Gasteiger partial charge in [-0.05, 0) is 37.1 Å². The Morgan fingerprint density at radius 2 is 1.97 bits per heavy atom. The van der Waals surface area contributed by atoms with Crippen molar-refractivity contribution >= 4 is 39.4 Å². The monoisotopic (exact) mass is 462 g/mol. The number of nitrogens with zero attached hydrogens (tertiary/aromatic N) is 2. The lowest BCUT2D eigenvalue weighted by atomic mass is 10.1. The van der Waals surface area contributed by atoms with Crippen LogP contribution in [0, 0.1) is 6.92 Å². The van der Waals surface area contributed by atoms with E-state index < -0.39 is 6.09 Å². The molecule has 0 saturated heterocycles. The number of anilines is 1. The van der Waals surface area contributed by atoms with Gasteiger partial charge in [0.1, 0.15) is 13.2 Å². The minimum Gasteiger partial charge on any atom is -0.445 e. The Morgan fingerprint density at radius 1 is 1.15 bits per heavy atom. The lowest BCUT2D eigenvalue weighted by Crippen LogP contribution is -2.38. The summed E-state index contributed by atoms with van der Waals surface area (Å²) in [6, 6.07) is 17.7. The van der Waals surface area contributed by atoms with Gasteiger partial charge in [0.25, 0.3) is 0 Å². The number of aromatic amines is 1. The molecule has 0 unspecified atom stereocenters. The minimum atomic E-state index is -0.509. The van der Waals surface area contributed by atoms with Crippen LogP contribution < -0.4 is 5.32 Å². The second kappa shape index (κ2) is 10.3. The third kappa shape index (κ3) is 5.78. The number of ether oxygens (including phenoxy) is 1. The van der Waals surface area contributed by atoms with Gasteiger partial charge in [-0.1, -0.05) is 43.3 Å². The number of fused-ring (bicyclic) bond motifs is 1.